The first kappa shape index (κ1) is 15.8. The average molecular weight is 327 g/mol. The second-order valence-corrected chi connectivity index (χ2v) is 5.21. The highest BCUT2D eigenvalue weighted by Gasteiger charge is 2.30. The largest absolute Gasteiger partial charge is 0.416 e. The van der Waals surface area contributed by atoms with Gasteiger partial charge in [-0.25, -0.2) is 0 Å². The first-order valence-corrected chi connectivity index (χ1v) is 7.17. The Morgan fingerprint density at radius 1 is 1.04 bits per heavy atom. The third-order valence-electron chi connectivity index (χ3n) is 3.63. The maximum atomic E-state index is 12.8. The van der Waals surface area contributed by atoms with Crippen molar-refractivity contribution in [1.29, 1.82) is 5.26 Å². The number of para-hydroxylation sites is 1. The molecule has 0 atom stereocenters. The highest BCUT2D eigenvalue weighted by molar-refractivity contribution is 5.93. The average Bonchev–Trinajstić information content (AvgIpc) is 2.56. The molecule has 0 amide bonds. The fourth-order valence-electron chi connectivity index (χ4n) is 2.46. The van der Waals surface area contributed by atoms with E-state index in [1.54, 1.807) is 6.07 Å². The van der Waals surface area contributed by atoms with Crippen molar-refractivity contribution in [3.63, 3.8) is 0 Å². The van der Waals surface area contributed by atoms with Gasteiger partial charge in [0.25, 0.3) is 0 Å². The predicted molar refractivity (Wildman–Crippen MR) is 85.8 cm³/mol. The molecule has 3 aromatic rings. The normalized spacial score (nSPS) is 11.2. The molecule has 0 saturated carbocycles. The van der Waals surface area contributed by atoms with Gasteiger partial charge in [0.05, 0.1) is 23.6 Å². The first-order chi connectivity index (χ1) is 11.5. The number of nitrogens with zero attached hydrogens (tertiary/aromatic N) is 2. The molecule has 0 bridgehead atoms. The number of anilines is 2. The molecule has 0 unspecified atom stereocenters. The summed E-state index contributed by atoms with van der Waals surface area (Å²) in [6, 6.07) is 14.6. The molecule has 0 radical (unpaired) electrons. The summed E-state index contributed by atoms with van der Waals surface area (Å²) < 4.78 is 38.5. The zero-order chi connectivity index (χ0) is 17.2. The van der Waals surface area contributed by atoms with Crippen molar-refractivity contribution in [3.8, 4) is 6.07 Å². The molecule has 0 saturated heterocycles. The van der Waals surface area contributed by atoms with E-state index in [4.69, 9.17) is 5.26 Å². The number of hydrogen-bond donors (Lipinski definition) is 1. The molecule has 6 heteroatoms. The highest BCUT2D eigenvalue weighted by Crippen LogP contribution is 2.33. The summed E-state index contributed by atoms with van der Waals surface area (Å²) in [6.07, 6.45) is -2.71. The van der Waals surface area contributed by atoms with Gasteiger partial charge in [-0.3, -0.25) is 4.98 Å². The standard InChI is InChI=1S/C18H12F3N3/c19-18(20,21)13-5-6-14-16(8-10-23-17(14)11-13)24-15-4-2-1-3-12(15)7-9-22/h1-6,8,10-11H,7H2,(H,23,24). The van der Waals surface area contributed by atoms with Crippen LogP contribution in [-0.4, -0.2) is 4.98 Å². The Balaban J connectivity index is 2.04. The molecule has 1 aromatic heterocycles. The first-order valence-electron chi connectivity index (χ1n) is 7.17. The van der Waals surface area contributed by atoms with E-state index < -0.39 is 11.7 Å². The number of fused-ring (bicyclic) bond motifs is 1. The van der Waals surface area contributed by atoms with Crippen molar-refractivity contribution in [1.82, 2.24) is 4.98 Å². The zero-order valence-corrected chi connectivity index (χ0v) is 12.4. The molecule has 2 aromatic carbocycles. The van der Waals surface area contributed by atoms with Crippen LogP contribution in [0.3, 0.4) is 0 Å². The van der Waals surface area contributed by atoms with Gasteiger partial charge in [-0.1, -0.05) is 24.3 Å². The van der Waals surface area contributed by atoms with E-state index in [9.17, 15) is 13.2 Å². The maximum absolute atomic E-state index is 12.8. The van der Waals surface area contributed by atoms with Gasteiger partial charge in [0.15, 0.2) is 0 Å². The van der Waals surface area contributed by atoms with Crippen LogP contribution in [0.1, 0.15) is 11.1 Å². The van der Waals surface area contributed by atoms with Crippen LogP contribution >= 0.6 is 0 Å². The molecule has 1 heterocycles. The van der Waals surface area contributed by atoms with Crippen molar-refractivity contribution < 1.29 is 13.2 Å². The Bertz CT molecular complexity index is 927. The van der Waals surface area contributed by atoms with E-state index in [2.05, 4.69) is 16.4 Å². The second-order valence-electron chi connectivity index (χ2n) is 5.21. The van der Waals surface area contributed by atoms with Crippen LogP contribution in [0.4, 0.5) is 24.5 Å². The lowest BCUT2D eigenvalue weighted by Gasteiger charge is -2.13. The molecule has 3 rings (SSSR count). The molecule has 0 fully saturated rings. The molecular weight excluding hydrogens is 315 g/mol. The van der Waals surface area contributed by atoms with E-state index in [1.165, 1.54) is 12.3 Å². The Kier molecular flexibility index (Phi) is 4.09. The zero-order valence-electron chi connectivity index (χ0n) is 12.4. The molecular formula is C18H12F3N3. The molecule has 1 N–H and O–H groups in total. The SMILES string of the molecule is N#CCc1ccccc1Nc1ccnc2cc(C(F)(F)F)ccc12. The van der Waals surface area contributed by atoms with Crippen LogP contribution < -0.4 is 5.32 Å². The number of nitrogens with one attached hydrogen (secondary N) is 1. The van der Waals surface area contributed by atoms with Crippen LogP contribution in [-0.2, 0) is 12.6 Å². The Morgan fingerprint density at radius 2 is 1.83 bits per heavy atom. The minimum absolute atomic E-state index is 0.240. The van der Waals surface area contributed by atoms with Crippen molar-refractivity contribution in [3.05, 3.63) is 65.9 Å². The molecule has 0 aliphatic rings. The van der Waals surface area contributed by atoms with Crippen molar-refractivity contribution in [2.75, 3.05) is 5.32 Å². The lowest BCUT2D eigenvalue weighted by Crippen LogP contribution is -2.05. The van der Waals surface area contributed by atoms with E-state index in [1.807, 2.05) is 24.3 Å². The molecule has 3 nitrogen and oxygen atoms in total. The fraction of sp³-hybridized carbons (Fsp3) is 0.111. The quantitative estimate of drug-likeness (QED) is 0.731. The number of hydrogen-bond acceptors (Lipinski definition) is 3. The number of alkyl halides is 3. The summed E-state index contributed by atoms with van der Waals surface area (Å²) in [6.45, 7) is 0. The summed E-state index contributed by atoms with van der Waals surface area (Å²) in [4.78, 5) is 4.02. The Labute approximate surface area is 136 Å². The van der Waals surface area contributed by atoms with Gasteiger partial charge < -0.3 is 5.32 Å². The monoisotopic (exact) mass is 327 g/mol. The minimum Gasteiger partial charge on any atom is -0.355 e. The minimum atomic E-state index is -4.40. The molecule has 120 valence electrons. The van der Waals surface area contributed by atoms with E-state index in [0.29, 0.717) is 11.1 Å². The van der Waals surface area contributed by atoms with E-state index in [0.717, 1.165) is 23.4 Å². The van der Waals surface area contributed by atoms with Crippen LogP contribution in [0.5, 0.6) is 0 Å². The van der Waals surface area contributed by atoms with Crippen LogP contribution in [0.15, 0.2) is 54.7 Å². The number of benzene rings is 2. The van der Waals surface area contributed by atoms with Crippen molar-refractivity contribution in [2.24, 2.45) is 0 Å². The maximum Gasteiger partial charge on any atom is 0.416 e. The van der Waals surface area contributed by atoms with Crippen molar-refractivity contribution in [2.45, 2.75) is 12.6 Å². The van der Waals surface area contributed by atoms with Gasteiger partial charge in [-0.2, -0.15) is 18.4 Å². The predicted octanol–water partition coefficient (Wildman–Crippen LogP) is 5.06. The van der Waals surface area contributed by atoms with Gasteiger partial charge in [0, 0.05) is 23.0 Å². The van der Waals surface area contributed by atoms with Crippen molar-refractivity contribution >= 4 is 22.3 Å². The topological polar surface area (TPSA) is 48.7 Å². The lowest BCUT2D eigenvalue weighted by molar-refractivity contribution is -0.137. The molecule has 0 spiro atoms. The van der Waals surface area contributed by atoms with Gasteiger partial charge in [0.2, 0.25) is 0 Å². The Hall–Kier alpha value is -3.07. The number of halogens is 3. The van der Waals surface area contributed by atoms with Gasteiger partial charge in [-0.05, 0) is 29.8 Å². The number of rotatable bonds is 3. The summed E-state index contributed by atoms with van der Waals surface area (Å²) in [7, 11) is 0. The van der Waals surface area contributed by atoms with Gasteiger partial charge in [0.1, 0.15) is 0 Å². The third-order valence-corrected chi connectivity index (χ3v) is 3.63. The van der Waals surface area contributed by atoms with E-state index in [-0.39, 0.29) is 11.9 Å². The number of nitriles is 1. The van der Waals surface area contributed by atoms with Crippen LogP contribution in [0.2, 0.25) is 0 Å². The summed E-state index contributed by atoms with van der Waals surface area (Å²) in [5.74, 6) is 0. The molecule has 24 heavy (non-hydrogen) atoms. The summed E-state index contributed by atoms with van der Waals surface area (Å²) >= 11 is 0. The molecule has 0 aliphatic heterocycles. The second kappa shape index (κ2) is 6.20. The third kappa shape index (κ3) is 3.15. The lowest BCUT2D eigenvalue weighted by atomic mass is 10.1. The smallest absolute Gasteiger partial charge is 0.355 e. The van der Waals surface area contributed by atoms with Gasteiger partial charge >= 0.3 is 6.18 Å². The fourth-order valence-corrected chi connectivity index (χ4v) is 2.46. The molecule has 0 aliphatic carbocycles. The summed E-state index contributed by atoms with van der Waals surface area (Å²) in [5, 5.41) is 12.7. The van der Waals surface area contributed by atoms with E-state index >= 15 is 0 Å². The Morgan fingerprint density at radius 3 is 2.58 bits per heavy atom. The van der Waals surface area contributed by atoms with Crippen LogP contribution in [0.25, 0.3) is 10.9 Å². The number of aromatic nitrogens is 1. The highest BCUT2D eigenvalue weighted by atomic mass is 19.4. The number of pyridine rings is 1. The van der Waals surface area contributed by atoms with Gasteiger partial charge in [-0.15, -0.1) is 0 Å². The van der Waals surface area contributed by atoms with Crippen LogP contribution in [0, 0.1) is 11.3 Å². The summed E-state index contributed by atoms with van der Waals surface area (Å²) in [5.41, 5.74) is 1.72.